The molecule has 4 heterocycles. The van der Waals surface area contributed by atoms with Gasteiger partial charge in [0.15, 0.2) is 11.6 Å². The molecule has 1 saturated carbocycles. The van der Waals surface area contributed by atoms with Crippen molar-refractivity contribution in [3.05, 3.63) is 48.7 Å². The Morgan fingerprint density at radius 1 is 1.16 bits per heavy atom. The van der Waals surface area contributed by atoms with Crippen LogP contribution >= 0.6 is 0 Å². The fourth-order valence-corrected chi connectivity index (χ4v) is 5.31. The molecular formula is C25H22F3N7O2. The standard InChI is InChI=1S/C25H22F3N7O2/c1-34-10-18-24(11-34,25(18,27)28)23(36)32-22-17(37-3)8-16-21(31-22)20(30-12-29-16)15-9-35(2)33-19(15)13-4-6-14(26)7-5-13/h4-9,12,18H,10-11H2,1-3H3,(H,31,32,36)/t18-,24+/m1/s1. The van der Waals surface area contributed by atoms with Crippen LogP contribution in [0.15, 0.2) is 42.9 Å². The molecule has 3 aromatic heterocycles. The van der Waals surface area contributed by atoms with Gasteiger partial charge in [0.1, 0.15) is 34.5 Å². The number of nitrogens with one attached hydrogen (secondary N) is 1. The Balaban J connectivity index is 1.45. The number of benzene rings is 1. The summed E-state index contributed by atoms with van der Waals surface area (Å²) in [4.78, 5) is 28.2. The monoisotopic (exact) mass is 509 g/mol. The van der Waals surface area contributed by atoms with Crippen molar-refractivity contribution in [2.45, 2.75) is 5.92 Å². The second-order valence-corrected chi connectivity index (χ2v) is 9.50. The summed E-state index contributed by atoms with van der Waals surface area (Å²) in [6.07, 6.45) is 3.11. The maximum Gasteiger partial charge on any atom is 0.269 e. The highest BCUT2D eigenvalue weighted by atomic mass is 19.3. The number of rotatable bonds is 5. The van der Waals surface area contributed by atoms with E-state index in [0.29, 0.717) is 33.5 Å². The first-order valence-corrected chi connectivity index (χ1v) is 11.5. The van der Waals surface area contributed by atoms with Gasteiger partial charge >= 0.3 is 0 Å². The number of piperidine rings is 1. The van der Waals surface area contributed by atoms with Crippen LogP contribution in [0.1, 0.15) is 0 Å². The van der Waals surface area contributed by atoms with Gasteiger partial charge in [-0.25, -0.2) is 28.1 Å². The number of nitrogens with zero attached hydrogens (tertiary/aromatic N) is 6. The predicted molar refractivity (Wildman–Crippen MR) is 128 cm³/mol. The van der Waals surface area contributed by atoms with Crippen molar-refractivity contribution in [3.8, 4) is 28.3 Å². The van der Waals surface area contributed by atoms with E-state index in [9.17, 15) is 18.0 Å². The van der Waals surface area contributed by atoms with Gasteiger partial charge in [-0.2, -0.15) is 5.10 Å². The first kappa shape index (κ1) is 23.3. The van der Waals surface area contributed by atoms with Crippen LogP contribution in [0, 0.1) is 17.2 Å². The number of likely N-dealkylation sites (tertiary alicyclic amines) is 1. The number of anilines is 1. The average Bonchev–Trinajstić information content (AvgIpc) is 3.22. The number of methoxy groups -OCH3 is 1. The first-order chi connectivity index (χ1) is 17.7. The number of hydrogen-bond donors (Lipinski definition) is 1. The normalized spacial score (nSPS) is 22.2. The van der Waals surface area contributed by atoms with Crippen molar-refractivity contribution in [3.63, 3.8) is 0 Å². The summed E-state index contributed by atoms with van der Waals surface area (Å²) in [5.41, 5.74) is 1.15. The number of aryl methyl sites for hydroxylation is 1. The summed E-state index contributed by atoms with van der Waals surface area (Å²) in [7, 11) is 4.85. The third-order valence-electron chi connectivity index (χ3n) is 7.19. The average molecular weight is 509 g/mol. The van der Waals surface area contributed by atoms with Crippen LogP contribution < -0.4 is 10.1 Å². The Morgan fingerprint density at radius 2 is 1.92 bits per heavy atom. The minimum Gasteiger partial charge on any atom is -0.493 e. The highest BCUT2D eigenvalue weighted by molar-refractivity contribution is 6.02. The van der Waals surface area contributed by atoms with Gasteiger partial charge in [-0.05, 0) is 31.3 Å². The number of fused-ring (bicyclic) bond motifs is 2. The lowest BCUT2D eigenvalue weighted by Gasteiger charge is -2.19. The van der Waals surface area contributed by atoms with Crippen LogP contribution in [0.5, 0.6) is 5.75 Å². The summed E-state index contributed by atoms with van der Waals surface area (Å²) in [5.74, 6) is -5.12. The number of ether oxygens (including phenoxy) is 1. The second kappa shape index (κ2) is 7.97. The molecule has 1 aliphatic carbocycles. The molecule has 2 atom stereocenters. The number of carbonyl (C=O) groups excluding carboxylic acids is 1. The zero-order valence-electron chi connectivity index (χ0n) is 20.2. The number of alkyl halides is 2. The minimum atomic E-state index is -3.08. The zero-order chi connectivity index (χ0) is 26.1. The highest BCUT2D eigenvalue weighted by Crippen LogP contribution is 2.69. The predicted octanol–water partition coefficient (Wildman–Crippen LogP) is 3.38. The van der Waals surface area contributed by atoms with Gasteiger partial charge in [0.2, 0.25) is 5.91 Å². The molecule has 1 N–H and O–H groups in total. The summed E-state index contributed by atoms with van der Waals surface area (Å²) in [6.45, 7) is 0.103. The Kier molecular flexibility index (Phi) is 5.03. The molecule has 12 heteroatoms. The maximum atomic E-state index is 14.6. The van der Waals surface area contributed by atoms with E-state index in [2.05, 4.69) is 25.4 Å². The Hall–Kier alpha value is -4.06. The second-order valence-electron chi connectivity index (χ2n) is 9.50. The molecule has 1 aromatic carbocycles. The Labute approximate surface area is 209 Å². The highest BCUT2D eigenvalue weighted by Gasteiger charge is 2.87. The van der Waals surface area contributed by atoms with Crippen molar-refractivity contribution >= 4 is 22.8 Å². The van der Waals surface area contributed by atoms with Gasteiger partial charge in [0.25, 0.3) is 5.92 Å². The molecular weight excluding hydrogens is 487 g/mol. The topological polar surface area (TPSA) is 98.1 Å². The molecule has 9 nitrogen and oxygen atoms in total. The van der Waals surface area contributed by atoms with Crippen LogP contribution in [0.4, 0.5) is 19.0 Å². The molecule has 1 saturated heterocycles. The molecule has 6 rings (SSSR count). The fourth-order valence-electron chi connectivity index (χ4n) is 5.31. The van der Waals surface area contributed by atoms with Crippen molar-refractivity contribution in [2.75, 3.05) is 32.6 Å². The first-order valence-electron chi connectivity index (χ1n) is 11.5. The van der Waals surface area contributed by atoms with Crippen LogP contribution in [0.2, 0.25) is 0 Å². The number of aromatic nitrogens is 5. The van der Waals surface area contributed by atoms with Crippen molar-refractivity contribution in [2.24, 2.45) is 18.4 Å². The number of halogens is 3. The third-order valence-corrected chi connectivity index (χ3v) is 7.19. The lowest BCUT2D eigenvalue weighted by molar-refractivity contribution is -0.125. The summed E-state index contributed by atoms with van der Waals surface area (Å²) >= 11 is 0. The molecule has 0 bridgehead atoms. The number of carbonyl (C=O) groups is 1. The number of pyridine rings is 1. The Morgan fingerprint density at radius 3 is 2.62 bits per heavy atom. The van der Waals surface area contributed by atoms with E-state index in [-0.39, 0.29) is 30.5 Å². The van der Waals surface area contributed by atoms with E-state index < -0.39 is 23.2 Å². The quantitative estimate of drug-likeness (QED) is 0.441. The molecule has 1 amide bonds. The van der Waals surface area contributed by atoms with Crippen LogP contribution in [0.3, 0.4) is 0 Å². The van der Waals surface area contributed by atoms with Gasteiger partial charge in [-0.1, -0.05) is 0 Å². The largest absolute Gasteiger partial charge is 0.493 e. The minimum absolute atomic E-state index is 0.00588. The van der Waals surface area contributed by atoms with E-state index in [1.165, 1.54) is 25.6 Å². The zero-order valence-corrected chi connectivity index (χ0v) is 20.2. The van der Waals surface area contributed by atoms with E-state index in [0.717, 1.165) is 0 Å². The third kappa shape index (κ3) is 3.39. The van der Waals surface area contributed by atoms with Gasteiger partial charge < -0.3 is 15.0 Å². The molecule has 0 spiro atoms. The van der Waals surface area contributed by atoms with Crippen molar-refractivity contribution in [1.82, 2.24) is 29.6 Å². The smallest absolute Gasteiger partial charge is 0.269 e. The molecule has 4 aromatic rings. The van der Waals surface area contributed by atoms with Gasteiger partial charge in [0, 0.05) is 43.5 Å². The molecule has 2 fully saturated rings. The molecule has 190 valence electrons. The summed E-state index contributed by atoms with van der Waals surface area (Å²) in [6, 6.07) is 7.46. The van der Waals surface area contributed by atoms with Gasteiger partial charge in [-0.3, -0.25) is 9.48 Å². The van der Waals surface area contributed by atoms with Crippen molar-refractivity contribution < 1.29 is 22.7 Å². The van der Waals surface area contributed by atoms with Crippen LogP contribution in [-0.2, 0) is 11.8 Å². The SMILES string of the molecule is COc1cc2ncnc(-c3cn(C)nc3-c3ccc(F)cc3)c2nc1NC(=O)[C@]12CN(C)C[C@H]1C2(F)F. The van der Waals surface area contributed by atoms with E-state index in [1.807, 2.05) is 0 Å². The molecule has 37 heavy (non-hydrogen) atoms. The van der Waals surface area contributed by atoms with Crippen LogP contribution in [0.25, 0.3) is 33.5 Å². The van der Waals surface area contributed by atoms with Gasteiger partial charge in [0.05, 0.1) is 18.5 Å². The molecule has 0 unspecified atom stereocenters. The molecule has 1 aliphatic heterocycles. The summed E-state index contributed by atoms with van der Waals surface area (Å²) < 4.78 is 49.7. The summed E-state index contributed by atoms with van der Waals surface area (Å²) in [5, 5.41) is 7.10. The van der Waals surface area contributed by atoms with E-state index in [4.69, 9.17) is 4.74 Å². The van der Waals surface area contributed by atoms with Crippen molar-refractivity contribution in [1.29, 1.82) is 0 Å². The van der Waals surface area contributed by atoms with E-state index in [1.54, 1.807) is 48.1 Å². The van der Waals surface area contributed by atoms with E-state index >= 15 is 0 Å². The van der Waals surface area contributed by atoms with Crippen LogP contribution in [-0.4, -0.2) is 68.7 Å². The lowest BCUT2D eigenvalue weighted by Crippen LogP contribution is -2.36. The molecule has 2 aliphatic rings. The fraction of sp³-hybridized carbons (Fsp3) is 0.320. The number of amides is 1. The molecule has 0 radical (unpaired) electrons. The van der Waals surface area contributed by atoms with Gasteiger partial charge in [-0.15, -0.1) is 0 Å². The lowest BCUT2D eigenvalue weighted by atomic mass is 10.0. The maximum absolute atomic E-state index is 14.6. The Bertz CT molecular complexity index is 1560. The number of hydrogen-bond acceptors (Lipinski definition) is 7.